The van der Waals surface area contributed by atoms with E-state index in [1.807, 2.05) is 6.07 Å². The van der Waals surface area contributed by atoms with Crippen LogP contribution in [-0.4, -0.2) is 18.2 Å². The number of hydrogen-bond acceptors (Lipinski definition) is 3. The molecule has 6 heteroatoms. The highest BCUT2D eigenvalue weighted by molar-refractivity contribution is 6.00. The van der Waals surface area contributed by atoms with Gasteiger partial charge in [-0.05, 0) is 48.9 Å². The zero-order valence-corrected chi connectivity index (χ0v) is 11.8. The highest BCUT2D eigenvalue weighted by Crippen LogP contribution is 2.15. The quantitative estimate of drug-likeness (QED) is 0.679. The van der Waals surface area contributed by atoms with Crippen molar-refractivity contribution >= 4 is 11.6 Å². The summed E-state index contributed by atoms with van der Waals surface area (Å²) in [7, 11) is 0. The van der Waals surface area contributed by atoms with Crippen LogP contribution in [0.4, 0.5) is 8.78 Å². The number of hydrogen-bond donors (Lipinski definition) is 1. The monoisotopic (exact) mass is 304 g/mol. The molecule has 0 fully saturated rings. The Morgan fingerprint density at radius 1 is 1.05 bits per heavy atom. The molecule has 0 saturated heterocycles. The summed E-state index contributed by atoms with van der Waals surface area (Å²) in [6.07, 6.45) is 0. The van der Waals surface area contributed by atoms with Crippen molar-refractivity contribution < 1.29 is 18.3 Å². The molecule has 2 aromatic carbocycles. The zero-order chi connectivity index (χ0) is 15.9. The minimum atomic E-state index is -2.86. The lowest BCUT2D eigenvalue weighted by Crippen LogP contribution is -2.19. The van der Waals surface area contributed by atoms with Gasteiger partial charge in [-0.3, -0.25) is 4.79 Å². The molecule has 1 amide bonds. The molecule has 2 aromatic rings. The number of hydrazone groups is 1. The first-order valence-electron chi connectivity index (χ1n) is 6.51. The minimum Gasteiger partial charge on any atom is -0.435 e. The smallest absolute Gasteiger partial charge is 0.387 e. The second-order valence-corrected chi connectivity index (χ2v) is 4.41. The van der Waals surface area contributed by atoms with Gasteiger partial charge in [0, 0.05) is 5.56 Å². The van der Waals surface area contributed by atoms with Gasteiger partial charge in [0.1, 0.15) is 5.75 Å². The molecule has 0 aliphatic heterocycles. The van der Waals surface area contributed by atoms with Crippen LogP contribution in [0.2, 0.25) is 0 Å². The van der Waals surface area contributed by atoms with E-state index in [0.29, 0.717) is 16.8 Å². The first kappa shape index (κ1) is 15.6. The van der Waals surface area contributed by atoms with Crippen molar-refractivity contribution in [3.05, 3.63) is 65.7 Å². The van der Waals surface area contributed by atoms with Crippen molar-refractivity contribution in [3.8, 4) is 5.75 Å². The minimum absolute atomic E-state index is 0.0693. The summed E-state index contributed by atoms with van der Waals surface area (Å²) < 4.78 is 28.4. The number of nitrogens with zero attached hydrogens (tertiary/aromatic N) is 1. The van der Waals surface area contributed by atoms with E-state index in [1.165, 1.54) is 12.1 Å². The molecule has 0 spiro atoms. The number of alkyl halides is 2. The van der Waals surface area contributed by atoms with Gasteiger partial charge in [0.15, 0.2) is 0 Å². The Balaban J connectivity index is 2.01. The molecule has 4 nitrogen and oxygen atoms in total. The maximum atomic E-state index is 12.1. The van der Waals surface area contributed by atoms with Crippen LogP contribution in [0.25, 0.3) is 0 Å². The van der Waals surface area contributed by atoms with Crippen molar-refractivity contribution in [1.29, 1.82) is 0 Å². The maximum Gasteiger partial charge on any atom is 0.387 e. The van der Waals surface area contributed by atoms with Gasteiger partial charge in [-0.25, -0.2) is 5.43 Å². The summed E-state index contributed by atoms with van der Waals surface area (Å²) in [5.41, 5.74) is 4.18. The fraction of sp³-hybridized carbons (Fsp3) is 0.125. The Morgan fingerprint density at radius 3 is 2.27 bits per heavy atom. The lowest BCUT2D eigenvalue weighted by molar-refractivity contribution is -0.0498. The van der Waals surface area contributed by atoms with Gasteiger partial charge in [-0.1, -0.05) is 18.2 Å². The third-order valence-electron chi connectivity index (χ3n) is 2.86. The van der Waals surface area contributed by atoms with Crippen LogP contribution < -0.4 is 10.2 Å². The zero-order valence-electron chi connectivity index (χ0n) is 11.8. The number of nitrogens with one attached hydrogen (secondary N) is 1. The van der Waals surface area contributed by atoms with E-state index in [2.05, 4.69) is 15.3 Å². The molecule has 0 unspecified atom stereocenters. The molecule has 1 N–H and O–H groups in total. The van der Waals surface area contributed by atoms with Crippen LogP contribution in [0, 0.1) is 0 Å². The normalized spacial score (nSPS) is 11.4. The molecule has 2 rings (SSSR count). The number of halogens is 2. The molecule has 0 radical (unpaired) electrons. The van der Waals surface area contributed by atoms with Crippen LogP contribution in [0.5, 0.6) is 5.75 Å². The van der Waals surface area contributed by atoms with Crippen molar-refractivity contribution in [1.82, 2.24) is 5.43 Å². The lowest BCUT2D eigenvalue weighted by Gasteiger charge is -2.06. The summed E-state index contributed by atoms with van der Waals surface area (Å²) in [4.78, 5) is 11.8. The number of carbonyl (C=O) groups is 1. The summed E-state index contributed by atoms with van der Waals surface area (Å²) in [5, 5.41) is 3.99. The van der Waals surface area contributed by atoms with Gasteiger partial charge in [-0.15, -0.1) is 0 Å². The molecule has 0 heterocycles. The van der Waals surface area contributed by atoms with E-state index in [-0.39, 0.29) is 11.7 Å². The van der Waals surface area contributed by atoms with E-state index >= 15 is 0 Å². The molecule has 114 valence electrons. The molecule has 0 aliphatic carbocycles. The second kappa shape index (κ2) is 7.31. The fourth-order valence-electron chi connectivity index (χ4n) is 1.73. The van der Waals surface area contributed by atoms with Gasteiger partial charge in [0.2, 0.25) is 0 Å². The lowest BCUT2D eigenvalue weighted by atomic mass is 10.1. The molecule has 0 atom stereocenters. The van der Waals surface area contributed by atoms with Crippen LogP contribution in [-0.2, 0) is 0 Å². The second-order valence-electron chi connectivity index (χ2n) is 4.41. The average molecular weight is 304 g/mol. The Hall–Kier alpha value is -2.76. The molecular weight excluding hydrogens is 290 g/mol. The Morgan fingerprint density at radius 2 is 1.68 bits per heavy atom. The standard InChI is InChI=1S/C16H14F2N2O2/c1-11(12-7-9-14(10-8-12)22-16(17)18)19-20-15(21)13-5-3-2-4-6-13/h2-10,16H,1H3,(H,20,21)/b19-11-. The predicted molar refractivity (Wildman–Crippen MR) is 79.2 cm³/mol. The third-order valence-corrected chi connectivity index (χ3v) is 2.86. The van der Waals surface area contributed by atoms with Crippen molar-refractivity contribution in [3.63, 3.8) is 0 Å². The molecule has 0 aromatic heterocycles. The summed E-state index contributed by atoms with van der Waals surface area (Å²) in [6, 6.07) is 14.7. The Kier molecular flexibility index (Phi) is 5.19. The van der Waals surface area contributed by atoms with Crippen LogP contribution in [0.15, 0.2) is 59.7 Å². The Labute approximate surface area is 126 Å². The van der Waals surface area contributed by atoms with Crippen molar-refractivity contribution in [2.75, 3.05) is 0 Å². The molecule has 22 heavy (non-hydrogen) atoms. The number of benzene rings is 2. The van der Waals surface area contributed by atoms with E-state index < -0.39 is 6.61 Å². The van der Waals surface area contributed by atoms with Gasteiger partial charge in [0.25, 0.3) is 5.91 Å². The highest BCUT2D eigenvalue weighted by Gasteiger charge is 2.06. The SMILES string of the molecule is C/C(=N/NC(=O)c1ccccc1)c1ccc(OC(F)F)cc1. The van der Waals surface area contributed by atoms with Crippen LogP contribution >= 0.6 is 0 Å². The number of amides is 1. The molecule has 0 aliphatic rings. The van der Waals surface area contributed by atoms with Gasteiger partial charge in [-0.2, -0.15) is 13.9 Å². The summed E-state index contributed by atoms with van der Waals surface area (Å²) in [5.74, 6) is -0.252. The van der Waals surface area contributed by atoms with E-state index in [9.17, 15) is 13.6 Å². The van der Waals surface area contributed by atoms with E-state index in [0.717, 1.165) is 0 Å². The predicted octanol–water partition coefficient (Wildman–Crippen LogP) is 3.44. The first-order valence-corrected chi connectivity index (χ1v) is 6.51. The topological polar surface area (TPSA) is 50.7 Å². The van der Waals surface area contributed by atoms with E-state index in [4.69, 9.17) is 0 Å². The molecule has 0 saturated carbocycles. The van der Waals surface area contributed by atoms with Crippen LogP contribution in [0.3, 0.4) is 0 Å². The first-order chi connectivity index (χ1) is 10.6. The summed E-state index contributed by atoms with van der Waals surface area (Å²) in [6.45, 7) is -1.15. The number of ether oxygens (including phenoxy) is 1. The Bertz CT molecular complexity index is 656. The van der Waals surface area contributed by atoms with Crippen molar-refractivity contribution in [2.24, 2.45) is 5.10 Å². The fourth-order valence-corrected chi connectivity index (χ4v) is 1.73. The van der Waals surface area contributed by atoms with Crippen LogP contribution in [0.1, 0.15) is 22.8 Å². The maximum absolute atomic E-state index is 12.1. The largest absolute Gasteiger partial charge is 0.435 e. The van der Waals surface area contributed by atoms with Gasteiger partial charge >= 0.3 is 6.61 Å². The summed E-state index contributed by atoms with van der Waals surface area (Å²) >= 11 is 0. The molecular formula is C16H14F2N2O2. The molecule has 0 bridgehead atoms. The van der Waals surface area contributed by atoms with Crippen molar-refractivity contribution in [2.45, 2.75) is 13.5 Å². The van der Waals surface area contributed by atoms with E-state index in [1.54, 1.807) is 43.3 Å². The van der Waals surface area contributed by atoms with Gasteiger partial charge < -0.3 is 4.74 Å². The number of carbonyl (C=O) groups excluding carboxylic acids is 1. The average Bonchev–Trinajstić information content (AvgIpc) is 2.53. The highest BCUT2D eigenvalue weighted by atomic mass is 19.3. The third kappa shape index (κ3) is 4.37. The van der Waals surface area contributed by atoms with Gasteiger partial charge in [0.05, 0.1) is 5.71 Å². The number of rotatable bonds is 5.